The van der Waals surface area contributed by atoms with Crippen LogP contribution in [-0.2, 0) is 0 Å². The molecule has 0 saturated carbocycles. The molecule has 1 aliphatic heterocycles. The number of hydrogen-bond donors (Lipinski definition) is 4. The van der Waals surface area contributed by atoms with Crippen molar-refractivity contribution < 1.29 is 15.0 Å². The molecule has 0 aliphatic carbocycles. The monoisotopic (exact) mass is 378 g/mol. The topological polar surface area (TPSA) is 102 Å². The second-order valence-electron chi connectivity index (χ2n) is 7.28. The van der Waals surface area contributed by atoms with Crippen molar-refractivity contribution in [2.24, 2.45) is 0 Å². The SMILES string of the molecule is CCCCCCN(C)C(=O)c1cc(N)c(NCCO)cc1N1CCC(O)C1. The van der Waals surface area contributed by atoms with E-state index in [0.717, 1.165) is 24.9 Å². The molecule has 0 aromatic heterocycles. The molecule has 0 spiro atoms. The number of nitrogens with two attached hydrogens (primary N) is 1. The number of carbonyl (C=O) groups excluding carboxylic acids is 1. The van der Waals surface area contributed by atoms with E-state index in [1.165, 1.54) is 6.42 Å². The van der Waals surface area contributed by atoms with Crippen LogP contribution < -0.4 is 16.0 Å². The highest BCUT2D eigenvalue weighted by Crippen LogP contribution is 2.33. The Morgan fingerprint density at radius 2 is 2.15 bits per heavy atom. The number of β-amino-alcohol motifs (C(OH)–C–C–N with tert-alkyl or cyclic N) is 1. The maximum atomic E-state index is 13.1. The third kappa shape index (κ3) is 5.74. The number of aliphatic hydroxyl groups excluding tert-OH is 2. The van der Waals surface area contributed by atoms with Gasteiger partial charge in [-0.3, -0.25) is 4.79 Å². The van der Waals surface area contributed by atoms with Crippen molar-refractivity contribution in [3.63, 3.8) is 0 Å². The quantitative estimate of drug-likeness (QED) is 0.366. The molecule has 1 heterocycles. The molecule has 1 aromatic carbocycles. The molecule has 0 radical (unpaired) electrons. The summed E-state index contributed by atoms with van der Waals surface area (Å²) in [6.45, 7) is 4.47. The summed E-state index contributed by atoms with van der Waals surface area (Å²) in [5, 5.41) is 22.1. The molecule has 1 aromatic rings. The highest BCUT2D eigenvalue weighted by molar-refractivity contribution is 6.02. The summed E-state index contributed by atoms with van der Waals surface area (Å²) in [5.41, 5.74) is 8.68. The fourth-order valence-electron chi connectivity index (χ4n) is 3.43. The smallest absolute Gasteiger partial charge is 0.255 e. The van der Waals surface area contributed by atoms with Gasteiger partial charge in [0, 0.05) is 33.2 Å². The van der Waals surface area contributed by atoms with Crippen LogP contribution in [0.3, 0.4) is 0 Å². The molecule has 1 unspecified atom stereocenters. The van der Waals surface area contributed by atoms with Gasteiger partial charge in [-0.05, 0) is 25.0 Å². The Morgan fingerprint density at radius 1 is 1.37 bits per heavy atom. The van der Waals surface area contributed by atoms with E-state index in [-0.39, 0.29) is 18.6 Å². The normalized spacial score (nSPS) is 16.6. The molecule has 7 nitrogen and oxygen atoms in total. The zero-order chi connectivity index (χ0) is 19.8. The Hall–Kier alpha value is -1.99. The first-order valence-electron chi connectivity index (χ1n) is 9.94. The Kier molecular flexibility index (Phi) is 8.19. The zero-order valence-electron chi connectivity index (χ0n) is 16.6. The fraction of sp³-hybridized carbons (Fsp3) is 0.650. The van der Waals surface area contributed by atoms with Gasteiger partial charge < -0.3 is 31.1 Å². The summed E-state index contributed by atoms with van der Waals surface area (Å²) in [6.07, 6.45) is 4.75. The Labute approximate surface area is 162 Å². The number of rotatable bonds is 10. The van der Waals surface area contributed by atoms with Crippen LogP contribution in [0.15, 0.2) is 12.1 Å². The lowest BCUT2D eigenvalue weighted by molar-refractivity contribution is 0.0793. The van der Waals surface area contributed by atoms with Gasteiger partial charge in [0.2, 0.25) is 0 Å². The first kappa shape index (κ1) is 21.3. The van der Waals surface area contributed by atoms with Crippen LogP contribution in [-0.4, -0.2) is 67.0 Å². The number of hydrogen-bond acceptors (Lipinski definition) is 6. The highest BCUT2D eigenvalue weighted by atomic mass is 16.3. The lowest BCUT2D eigenvalue weighted by atomic mass is 10.1. The summed E-state index contributed by atoms with van der Waals surface area (Å²) in [4.78, 5) is 16.9. The molecule has 0 bridgehead atoms. The highest BCUT2D eigenvalue weighted by Gasteiger charge is 2.26. The van der Waals surface area contributed by atoms with Crippen LogP contribution in [0.5, 0.6) is 0 Å². The molecule has 7 heteroatoms. The zero-order valence-corrected chi connectivity index (χ0v) is 16.6. The lowest BCUT2D eigenvalue weighted by Gasteiger charge is -2.26. The molecule has 27 heavy (non-hydrogen) atoms. The van der Waals surface area contributed by atoms with E-state index in [9.17, 15) is 9.90 Å². The fourth-order valence-corrected chi connectivity index (χ4v) is 3.43. The number of nitrogens with one attached hydrogen (secondary N) is 1. The van der Waals surface area contributed by atoms with Gasteiger partial charge in [0.15, 0.2) is 0 Å². The standard InChI is InChI=1S/C20H34N4O3/c1-3-4-5-6-9-23(2)20(27)16-12-17(21)18(22-8-11-25)13-19(16)24-10-7-15(26)14-24/h12-13,15,22,25-26H,3-11,14,21H2,1-2H3. The average molecular weight is 379 g/mol. The van der Waals surface area contributed by atoms with Crippen molar-refractivity contribution in [3.05, 3.63) is 17.7 Å². The maximum Gasteiger partial charge on any atom is 0.255 e. The van der Waals surface area contributed by atoms with Gasteiger partial charge in [-0.25, -0.2) is 0 Å². The molecule has 1 amide bonds. The van der Waals surface area contributed by atoms with Crippen molar-refractivity contribution in [1.82, 2.24) is 4.90 Å². The summed E-state index contributed by atoms with van der Waals surface area (Å²) < 4.78 is 0. The van der Waals surface area contributed by atoms with Crippen molar-refractivity contribution in [2.75, 3.05) is 55.8 Å². The molecular weight excluding hydrogens is 344 g/mol. The minimum absolute atomic E-state index is 0.00161. The first-order chi connectivity index (χ1) is 13.0. The predicted octanol–water partition coefficient (Wildman–Crippen LogP) is 1.90. The minimum Gasteiger partial charge on any atom is -0.397 e. The van der Waals surface area contributed by atoms with Gasteiger partial charge in [-0.1, -0.05) is 26.2 Å². The molecule has 152 valence electrons. The number of aliphatic hydroxyl groups is 2. The number of nitrogen functional groups attached to an aromatic ring is 1. The average Bonchev–Trinajstić information content (AvgIpc) is 3.09. The Balaban J connectivity index is 2.24. The summed E-state index contributed by atoms with van der Waals surface area (Å²) in [5.74, 6) is -0.0525. The summed E-state index contributed by atoms with van der Waals surface area (Å²) in [6, 6.07) is 3.58. The molecule has 1 fully saturated rings. The van der Waals surface area contributed by atoms with Gasteiger partial charge in [0.25, 0.3) is 5.91 Å². The van der Waals surface area contributed by atoms with Gasteiger partial charge >= 0.3 is 0 Å². The van der Waals surface area contributed by atoms with Gasteiger partial charge in [0.1, 0.15) is 0 Å². The van der Waals surface area contributed by atoms with E-state index in [0.29, 0.717) is 49.5 Å². The van der Waals surface area contributed by atoms with E-state index in [4.69, 9.17) is 10.8 Å². The lowest BCUT2D eigenvalue weighted by Crippen LogP contribution is -2.31. The molecule has 1 saturated heterocycles. The van der Waals surface area contributed by atoms with Gasteiger partial charge in [-0.15, -0.1) is 0 Å². The van der Waals surface area contributed by atoms with Crippen molar-refractivity contribution >= 4 is 23.0 Å². The number of anilines is 3. The molecule has 1 aliphatic rings. The number of benzene rings is 1. The van der Waals surface area contributed by atoms with E-state index < -0.39 is 0 Å². The first-order valence-corrected chi connectivity index (χ1v) is 9.94. The molecule has 5 N–H and O–H groups in total. The van der Waals surface area contributed by atoms with Gasteiger partial charge in [0.05, 0.1) is 35.3 Å². The number of nitrogens with zero attached hydrogens (tertiary/aromatic N) is 2. The second-order valence-corrected chi connectivity index (χ2v) is 7.28. The van der Waals surface area contributed by atoms with Crippen molar-refractivity contribution in [3.8, 4) is 0 Å². The van der Waals surface area contributed by atoms with Crippen molar-refractivity contribution in [2.45, 2.75) is 45.1 Å². The second kappa shape index (κ2) is 10.4. The number of unbranched alkanes of at least 4 members (excludes halogenated alkanes) is 3. The van der Waals surface area contributed by atoms with Crippen LogP contribution in [0.4, 0.5) is 17.1 Å². The molecule has 1 atom stereocenters. The van der Waals surface area contributed by atoms with E-state index in [1.807, 2.05) is 18.0 Å². The largest absolute Gasteiger partial charge is 0.397 e. The maximum absolute atomic E-state index is 13.1. The third-order valence-corrected chi connectivity index (χ3v) is 5.02. The van der Waals surface area contributed by atoms with Crippen molar-refractivity contribution in [1.29, 1.82) is 0 Å². The van der Waals surface area contributed by atoms with Crippen LogP contribution in [0.25, 0.3) is 0 Å². The van der Waals surface area contributed by atoms with E-state index in [2.05, 4.69) is 12.2 Å². The van der Waals surface area contributed by atoms with Crippen LogP contribution in [0.2, 0.25) is 0 Å². The van der Waals surface area contributed by atoms with E-state index in [1.54, 1.807) is 11.0 Å². The van der Waals surface area contributed by atoms with Gasteiger partial charge in [-0.2, -0.15) is 0 Å². The Bertz CT molecular complexity index is 623. The number of carbonyl (C=O) groups is 1. The number of amides is 1. The van der Waals surface area contributed by atoms with Crippen LogP contribution >= 0.6 is 0 Å². The predicted molar refractivity (Wildman–Crippen MR) is 110 cm³/mol. The van der Waals surface area contributed by atoms with Crippen LogP contribution in [0, 0.1) is 0 Å². The molecule has 2 rings (SSSR count). The summed E-state index contributed by atoms with van der Waals surface area (Å²) >= 11 is 0. The Morgan fingerprint density at radius 3 is 2.78 bits per heavy atom. The molecular formula is C20H34N4O3. The summed E-state index contributed by atoms with van der Waals surface area (Å²) in [7, 11) is 1.82. The third-order valence-electron chi connectivity index (χ3n) is 5.02. The van der Waals surface area contributed by atoms with E-state index >= 15 is 0 Å². The minimum atomic E-state index is -0.383. The van der Waals surface area contributed by atoms with Crippen LogP contribution in [0.1, 0.15) is 49.4 Å².